The van der Waals surface area contributed by atoms with E-state index in [-0.39, 0.29) is 27.8 Å². The third kappa shape index (κ3) is 6.71. The molecule has 0 bridgehead atoms. The van der Waals surface area contributed by atoms with Gasteiger partial charge in [0.1, 0.15) is 11.4 Å². The summed E-state index contributed by atoms with van der Waals surface area (Å²) in [5, 5.41) is 18.4. The van der Waals surface area contributed by atoms with Gasteiger partial charge in [-0.05, 0) is 69.7 Å². The van der Waals surface area contributed by atoms with Crippen molar-refractivity contribution in [2.45, 2.75) is 37.6 Å². The average molecular weight is 620 g/mol. The maximum atomic E-state index is 12.4. The molecule has 0 fully saturated rings. The second kappa shape index (κ2) is 11.4. The van der Waals surface area contributed by atoms with Gasteiger partial charge in [0.15, 0.2) is 0 Å². The van der Waals surface area contributed by atoms with Crippen LogP contribution in [0.3, 0.4) is 0 Å². The lowest BCUT2D eigenvalue weighted by Gasteiger charge is -2.18. The zero-order valence-electron chi connectivity index (χ0n) is 21.1. The van der Waals surface area contributed by atoms with Crippen molar-refractivity contribution in [3.8, 4) is 28.3 Å². The summed E-state index contributed by atoms with van der Waals surface area (Å²) in [4.78, 5) is 9.17. The highest BCUT2D eigenvalue weighted by Crippen LogP contribution is 2.35. The highest BCUT2D eigenvalue weighted by molar-refractivity contribution is 9.10. The SMILES string of the molecule is CC(C)(C)n1cc(-c2ccnc(NCCCNS(=O)(=O)c3ccc(Br)cc3)n2)c(-c2ccc(Cl)c(O)c2)n1. The number of aromatic nitrogens is 4. The van der Waals surface area contributed by atoms with Crippen LogP contribution in [0.25, 0.3) is 22.5 Å². The minimum Gasteiger partial charge on any atom is -0.506 e. The first-order valence-corrected chi connectivity index (χ1v) is 14.5. The van der Waals surface area contributed by atoms with Crippen molar-refractivity contribution in [2.24, 2.45) is 0 Å². The van der Waals surface area contributed by atoms with Crippen molar-refractivity contribution >= 4 is 43.5 Å². The van der Waals surface area contributed by atoms with E-state index in [1.165, 1.54) is 0 Å². The van der Waals surface area contributed by atoms with E-state index in [0.29, 0.717) is 35.9 Å². The van der Waals surface area contributed by atoms with Gasteiger partial charge in [-0.2, -0.15) is 5.10 Å². The first-order valence-electron chi connectivity index (χ1n) is 11.9. The van der Waals surface area contributed by atoms with Gasteiger partial charge in [0.2, 0.25) is 16.0 Å². The summed E-state index contributed by atoms with van der Waals surface area (Å²) in [6.45, 7) is 6.86. The third-order valence-corrected chi connectivity index (χ3v) is 7.93. The molecule has 4 rings (SSSR count). The smallest absolute Gasteiger partial charge is 0.240 e. The summed E-state index contributed by atoms with van der Waals surface area (Å²) >= 11 is 9.32. The molecule has 38 heavy (non-hydrogen) atoms. The van der Waals surface area contributed by atoms with Gasteiger partial charge < -0.3 is 10.4 Å². The predicted octanol–water partition coefficient (Wildman–Crippen LogP) is 5.66. The molecule has 0 spiro atoms. The van der Waals surface area contributed by atoms with Crippen LogP contribution in [0, 0.1) is 0 Å². The molecule has 0 aliphatic rings. The Balaban J connectivity index is 1.47. The number of hydrogen-bond acceptors (Lipinski definition) is 7. The topological polar surface area (TPSA) is 122 Å². The zero-order chi connectivity index (χ0) is 27.5. The van der Waals surface area contributed by atoms with Crippen molar-refractivity contribution < 1.29 is 13.5 Å². The van der Waals surface area contributed by atoms with Gasteiger partial charge in [-0.3, -0.25) is 4.68 Å². The number of halogens is 2. The molecule has 2 aromatic heterocycles. The molecule has 4 aromatic rings. The summed E-state index contributed by atoms with van der Waals surface area (Å²) < 4.78 is 30.1. The first-order chi connectivity index (χ1) is 17.9. The Morgan fingerprint density at radius 2 is 1.82 bits per heavy atom. The minimum atomic E-state index is -3.58. The molecule has 200 valence electrons. The van der Waals surface area contributed by atoms with Crippen molar-refractivity contribution in [2.75, 3.05) is 18.4 Å². The van der Waals surface area contributed by atoms with Crippen LogP contribution in [0.5, 0.6) is 5.75 Å². The van der Waals surface area contributed by atoms with E-state index in [9.17, 15) is 13.5 Å². The van der Waals surface area contributed by atoms with E-state index >= 15 is 0 Å². The molecule has 3 N–H and O–H groups in total. The molecule has 2 heterocycles. The number of rotatable bonds is 9. The molecule has 0 radical (unpaired) electrons. The molecular weight excluding hydrogens is 592 g/mol. The molecular formula is C26H28BrClN6O3S. The number of nitrogens with one attached hydrogen (secondary N) is 2. The maximum absolute atomic E-state index is 12.4. The van der Waals surface area contributed by atoms with Crippen LogP contribution >= 0.6 is 27.5 Å². The number of benzene rings is 2. The fourth-order valence-corrected chi connectivity index (χ4v) is 5.02. The molecule has 0 aliphatic carbocycles. The number of anilines is 1. The van der Waals surface area contributed by atoms with E-state index in [1.807, 2.05) is 31.6 Å². The normalized spacial score (nSPS) is 12.0. The Hall–Kier alpha value is -2.99. The number of nitrogens with zero attached hydrogens (tertiary/aromatic N) is 4. The highest BCUT2D eigenvalue weighted by Gasteiger charge is 2.21. The summed E-state index contributed by atoms with van der Waals surface area (Å²) in [6, 6.07) is 13.3. The van der Waals surface area contributed by atoms with Crippen LogP contribution in [-0.4, -0.2) is 46.4 Å². The molecule has 2 aromatic carbocycles. The van der Waals surface area contributed by atoms with Crippen molar-refractivity contribution in [1.82, 2.24) is 24.5 Å². The number of phenolic OH excluding ortho intramolecular Hbond substituents is 1. The predicted molar refractivity (Wildman–Crippen MR) is 153 cm³/mol. The molecule has 9 nitrogen and oxygen atoms in total. The van der Waals surface area contributed by atoms with Crippen LogP contribution in [0.4, 0.5) is 5.95 Å². The van der Waals surface area contributed by atoms with Gasteiger partial charge in [-0.1, -0.05) is 33.6 Å². The van der Waals surface area contributed by atoms with Crippen LogP contribution < -0.4 is 10.0 Å². The number of hydrogen-bond donors (Lipinski definition) is 3. The quantitative estimate of drug-likeness (QED) is 0.207. The van der Waals surface area contributed by atoms with E-state index in [2.05, 4.69) is 35.9 Å². The van der Waals surface area contributed by atoms with Gasteiger partial charge in [0.05, 0.1) is 21.2 Å². The number of aromatic hydroxyl groups is 1. The Labute approximate surface area is 235 Å². The standard InChI is InChI=1S/C26H28BrClN6O3S/c1-26(2,3)34-16-20(24(33-34)17-5-10-21(28)23(35)15-17)22-11-14-30-25(32-22)29-12-4-13-31-38(36,37)19-8-6-18(27)7-9-19/h5-11,14-16,31,35H,4,12-13H2,1-3H3,(H,29,30,32). The number of phenols is 1. The maximum Gasteiger partial charge on any atom is 0.240 e. The second-order valence-electron chi connectivity index (χ2n) is 9.57. The van der Waals surface area contributed by atoms with Gasteiger partial charge >= 0.3 is 0 Å². The Morgan fingerprint density at radius 1 is 1.08 bits per heavy atom. The Bertz CT molecular complexity index is 1540. The third-order valence-electron chi connectivity index (χ3n) is 5.61. The highest BCUT2D eigenvalue weighted by atomic mass is 79.9. The van der Waals surface area contributed by atoms with Crippen LogP contribution in [-0.2, 0) is 15.6 Å². The molecule has 0 saturated carbocycles. The lowest BCUT2D eigenvalue weighted by molar-refractivity contribution is 0.356. The fraction of sp³-hybridized carbons (Fsp3) is 0.269. The molecule has 0 amide bonds. The Kier molecular flexibility index (Phi) is 8.41. The second-order valence-corrected chi connectivity index (χ2v) is 12.7. The zero-order valence-corrected chi connectivity index (χ0v) is 24.3. The summed E-state index contributed by atoms with van der Waals surface area (Å²) in [7, 11) is -3.58. The average Bonchev–Trinajstić information content (AvgIpc) is 3.32. The van der Waals surface area contributed by atoms with E-state index < -0.39 is 10.0 Å². The van der Waals surface area contributed by atoms with Crippen molar-refractivity contribution in [3.05, 3.63) is 70.4 Å². The van der Waals surface area contributed by atoms with Gasteiger partial charge in [-0.15, -0.1) is 0 Å². The monoisotopic (exact) mass is 618 g/mol. The lowest BCUT2D eigenvalue weighted by atomic mass is 10.1. The largest absolute Gasteiger partial charge is 0.506 e. The summed E-state index contributed by atoms with van der Waals surface area (Å²) in [6.07, 6.45) is 4.10. The van der Waals surface area contributed by atoms with E-state index in [0.717, 1.165) is 10.0 Å². The van der Waals surface area contributed by atoms with E-state index in [1.54, 1.807) is 54.7 Å². The van der Waals surface area contributed by atoms with Crippen molar-refractivity contribution in [1.29, 1.82) is 0 Å². The van der Waals surface area contributed by atoms with Crippen molar-refractivity contribution in [3.63, 3.8) is 0 Å². The van der Waals surface area contributed by atoms with Crippen LogP contribution in [0.1, 0.15) is 27.2 Å². The molecule has 12 heteroatoms. The molecule has 0 atom stereocenters. The lowest BCUT2D eigenvalue weighted by Crippen LogP contribution is -2.26. The summed E-state index contributed by atoms with van der Waals surface area (Å²) in [5.41, 5.74) is 2.50. The summed E-state index contributed by atoms with van der Waals surface area (Å²) in [5.74, 6) is 0.382. The molecule has 0 saturated heterocycles. The molecule has 0 unspecified atom stereocenters. The number of sulfonamides is 1. The Morgan fingerprint density at radius 3 is 2.50 bits per heavy atom. The van der Waals surface area contributed by atoms with Crippen LogP contribution in [0.15, 0.2) is 70.3 Å². The van der Waals surface area contributed by atoms with E-state index in [4.69, 9.17) is 16.7 Å². The minimum absolute atomic E-state index is 0.0266. The van der Waals surface area contributed by atoms with Gasteiger partial charge in [0, 0.05) is 41.1 Å². The first kappa shape index (κ1) is 28.0. The van der Waals surface area contributed by atoms with Crippen LogP contribution in [0.2, 0.25) is 5.02 Å². The fourth-order valence-electron chi connectivity index (χ4n) is 3.56. The van der Waals surface area contributed by atoms with Gasteiger partial charge in [-0.25, -0.2) is 23.1 Å². The van der Waals surface area contributed by atoms with Gasteiger partial charge in [0.25, 0.3) is 0 Å². The molecule has 0 aliphatic heterocycles.